The summed E-state index contributed by atoms with van der Waals surface area (Å²) in [6.07, 6.45) is 3.85. The van der Waals surface area contributed by atoms with E-state index in [9.17, 15) is 4.79 Å². The number of fused-ring (bicyclic) bond motifs is 1. The summed E-state index contributed by atoms with van der Waals surface area (Å²) in [6.45, 7) is 6.35. The van der Waals surface area contributed by atoms with E-state index in [1.54, 1.807) is 4.90 Å². The van der Waals surface area contributed by atoms with Gasteiger partial charge in [0.15, 0.2) is 0 Å². The van der Waals surface area contributed by atoms with E-state index in [-0.39, 0.29) is 6.09 Å². The number of nitrogens with one attached hydrogen (secondary N) is 1. The van der Waals surface area contributed by atoms with Crippen molar-refractivity contribution in [2.24, 2.45) is 5.73 Å². The van der Waals surface area contributed by atoms with Gasteiger partial charge in [0.1, 0.15) is 5.60 Å². The Morgan fingerprint density at radius 1 is 1.35 bits per heavy atom. The van der Waals surface area contributed by atoms with Crippen molar-refractivity contribution >= 4 is 17.5 Å². The Hall–Kier alpha value is -1.75. The standard InChI is InChI=1S/C18H27N3O2/c1-18(2,3)23-17(22)21-9-8-12-10-14(6-7-16(12)21)20-15-5-4-13(19)11-15/h6-7,10,13,15,20H,4-5,8-9,11,19H2,1-3H3. The number of benzene rings is 1. The molecule has 2 unspecified atom stereocenters. The van der Waals surface area contributed by atoms with Crippen LogP contribution in [-0.2, 0) is 11.2 Å². The van der Waals surface area contributed by atoms with E-state index >= 15 is 0 Å². The quantitative estimate of drug-likeness (QED) is 0.878. The van der Waals surface area contributed by atoms with E-state index in [0.717, 1.165) is 37.1 Å². The highest BCUT2D eigenvalue weighted by atomic mass is 16.6. The zero-order valence-electron chi connectivity index (χ0n) is 14.3. The maximum atomic E-state index is 12.3. The van der Waals surface area contributed by atoms with Gasteiger partial charge in [-0.1, -0.05) is 0 Å². The normalized spacial score (nSPS) is 23.7. The highest BCUT2D eigenvalue weighted by Crippen LogP contribution is 2.32. The van der Waals surface area contributed by atoms with Gasteiger partial charge in [0.25, 0.3) is 0 Å². The highest BCUT2D eigenvalue weighted by Gasteiger charge is 2.29. The molecule has 1 saturated carbocycles. The minimum absolute atomic E-state index is 0.265. The van der Waals surface area contributed by atoms with E-state index in [1.165, 1.54) is 5.56 Å². The fourth-order valence-electron chi connectivity index (χ4n) is 3.38. The van der Waals surface area contributed by atoms with Gasteiger partial charge in [0.2, 0.25) is 0 Å². The third-order valence-corrected chi connectivity index (χ3v) is 4.43. The molecule has 5 nitrogen and oxygen atoms in total. The van der Waals surface area contributed by atoms with Gasteiger partial charge in [-0.2, -0.15) is 0 Å². The Labute approximate surface area is 138 Å². The molecule has 0 saturated heterocycles. The first-order valence-electron chi connectivity index (χ1n) is 8.47. The number of hydrogen-bond acceptors (Lipinski definition) is 4. The molecule has 2 atom stereocenters. The Bertz CT molecular complexity index is 594. The number of nitrogens with two attached hydrogens (primary N) is 1. The fourth-order valence-corrected chi connectivity index (χ4v) is 3.38. The zero-order chi connectivity index (χ0) is 16.6. The summed E-state index contributed by atoms with van der Waals surface area (Å²) in [7, 11) is 0. The zero-order valence-corrected chi connectivity index (χ0v) is 14.3. The average molecular weight is 317 g/mol. The fraction of sp³-hybridized carbons (Fsp3) is 0.611. The first kappa shape index (κ1) is 16.1. The highest BCUT2D eigenvalue weighted by molar-refractivity contribution is 5.91. The number of amides is 1. The Morgan fingerprint density at radius 3 is 2.78 bits per heavy atom. The van der Waals surface area contributed by atoms with Crippen LogP contribution < -0.4 is 16.0 Å². The van der Waals surface area contributed by atoms with Crippen molar-refractivity contribution < 1.29 is 9.53 Å². The molecule has 3 rings (SSSR count). The van der Waals surface area contributed by atoms with Crippen LogP contribution in [0.2, 0.25) is 0 Å². The molecule has 0 spiro atoms. The molecule has 1 aliphatic heterocycles. The van der Waals surface area contributed by atoms with Crippen LogP contribution in [-0.4, -0.2) is 30.3 Å². The minimum Gasteiger partial charge on any atom is -0.443 e. The second kappa shape index (κ2) is 6.04. The van der Waals surface area contributed by atoms with Gasteiger partial charge in [0.05, 0.1) is 5.69 Å². The van der Waals surface area contributed by atoms with Gasteiger partial charge >= 0.3 is 6.09 Å². The molecule has 1 amide bonds. The summed E-state index contributed by atoms with van der Waals surface area (Å²) in [5, 5.41) is 3.57. The van der Waals surface area contributed by atoms with Gasteiger partial charge < -0.3 is 15.8 Å². The molecule has 23 heavy (non-hydrogen) atoms. The Morgan fingerprint density at radius 2 is 2.13 bits per heavy atom. The molecule has 1 aliphatic carbocycles. The number of anilines is 2. The van der Waals surface area contributed by atoms with Crippen LogP contribution in [0.5, 0.6) is 0 Å². The minimum atomic E-state index is -0.470. The maximum Gasteiger partial charge on any atom is 0.414 e. The van der Waals surface area contributed by atoms with E-state index in [2.05, 4.69) is 11.4 Å². The second-order valence-corrected chi connectivity index (χ2v) is 7.64. The summed E-state index contributed by atoms with van der Waals surface area (Å²) in [4.78, 5) is 14.0. The van der Waals surface area contributed by atoms with Gasteiger partial charge in [-0.25, -0.2) is 4.79 Å². The van der Waals surface area contributed by atoms with Crippen molar-refractivity contribution in [2.45, 2.75) is 64.1 Å². The number of carbonyl (C=O) groups is 1. The summed E-state index contributed by atoms with van der Waals surface area (Å²) >= 11 is 0. The first-order valence-corrected chi connectivity index (χ1v) is 8.47. The van der Waals surface area contributed by atoms with Crippen molar-refractivity contribution in [3.8, 4) is 0 Å². The van der Waals surface area contributed by atoms with Crippen molar-refractivity contribution in [3.05, 3.63) is 23.8 Å². The molecule has 2 aliphatic rings. The van der Waals surface area contributed by atoms with Crippen LogP contribution in [0.3, 0.4) is 0 Å². The molecule has 1 fully saturated rings. The number of rotatable bonds is 2. The van der Waals surface area contributed by atoms with Crippen molar-refractivity contribution in [1.82, 2.24) is 0 Å². The van der Waals surface area contributed by atoms with Crippen LogP contribution in [0.1, 0.15) is 45.6 Å². The van der Waals surface area contributed by atoms with Crippen molar-refractivity contribution in [2.75, 3.05) is 16.8 Å². The van der Waals surface area contributed by atoms with E-state index in [1.807, 2.05) is 32.9 Å². The SMILES string of the molecule is CC(C)(C)OC(=O)N1CCc2cc(NC3CCC(N)C3)ccc21. The number of hydrogen-bond donors (Lipinski definition) is 2. The Balaban J connectivity index is 1.69. The van der Waals surface area contributed by atoms with Gasteiger partial charge in [-0.05, 0) is 70.2 Å². The molecular formula is C18H27N3O2. The average Bonchev–Trinajstić information content (AvgIpc) is 3.03. The van der Waals surface area contributed by atoms with Crippen LogP contribution >= 0.6 is 0 Å². The summed E-state index contributed by atoms with van der Waals surface area (Å²) in [6, 6.07) is 7.01. The molecule has 5 heteroatoms. The van der Waals surface area contributed by atoms with Crippen LogP contribution in [0.15, 0.2) is 18.2 Å². The number of nitrogens with zero attached hydrogens (tertiary/aromatic N) is 1. The lowest BCUT2D eigenvalue weighted by molar-refractivity contribution is 0.0584. The molecule has 1 aromatic rings. The van der Waals surface area contributed by atoms with E-state index in [0.29, 0.717) is 18.6 Å². The smallest absolute Gasteiger partial charge is 0.414 e. The molecule has 1 aromatic carbocycles. The summed E-state index contributed by atoms with van der Waals surface area (Å²) < 4.78 is 5.49. The summed E-state index contributed by atoms with van der Waals surface area (Å²) in [5.74, 6) is 0. The van der Waals surface area contributed by atoms with Gasteiger partial charge in [-0.3, -0.25) is 4.90 Å². The van der Waals surface area contributed by atoms with Gasteiger partial charge in [-0.15, -0.1) is 0 Å². The predicted octanol–water partition coefficient (Wildman–Crippen LogP) is 3.28. The van der Waals surface area contributed by atoms with Crippen molar-refractivity contribution in [1.29, 1.82) is 0 Å². The third kappa shape index (κ3) is 3.78. The molecule has 126 valence electrons. The van der Waals surface area contributed by atoms with Crippen LogP contribution in [0.4, 0.5) is 16.2 Å². The lowest BCUT2D eigenvalue weighted by Crippen LogP contribution is -2.35. The first-order chi connectivity index (χ1) is 10.8. The van der Waals surface area contributed by atoms with Crippen LogP contribution in [0.25, 0.3) is 0 Å². The topological polar surface area (TPSA) is 67.6 Å². The molecule has 0 radical (unpaired) electrons. The molecule has 1 heterocycles. The van der Waals surface area contributed by atoms with E-state index in [4.69, 9.17) is 10.5 Å². The molecule has 3 N–H and O–H groups in total. The molecule has 0 bridgehead atoms. The predicted molar refractivity (Wildman–Crippen MR) is 93.0 cm³/mol. The third-order valence-electron chi connectivity index (χ3n) is 4.43. The van der Waals surface area contributed by atoms with Crippen molar-refractivity contribution in [3.63, 3.8) is 0 Å². The van der Waals surface area contributed by atoms with E-state index < -0.39 is 5.60 Å². The summed E-state index contributed by atoms with van der Waals surface area (Å²) in [5.41, 5.74) is 8.79. The number of carbonyl (C=O) groups excluding carboxylic acids is 1. The maximum absolute atomic E-state index is 12.3. The Kier molecular flexibility index (Phi) is 4.23. The monoisotopic (exact) mass is 317 g/mol. The van der Waals surface area contributed by atoms with Gasteiger partial charge in [0, 0.05) is 24.3 Å². The largest absolute Gasteiger partial charge is 0.443 e. The molecule has 0 aromatic heterocycles. The number of ether oxygens (including phenoxy) is 1. The lowest BCUT2D eigenvalue weighted by Gasteiger charge is -2.25. The lowest BCUT2D eigenvalue weighted by atomic mass is 10.1. The van der Waals surface area contributed by atoms with Crippen LogP contribution in [0, 0.1) is 0 Å². The second-order valence-electron chi connectivity index (χ2n) is 7.64. The molecular weight excluding hydrogens is 290 g/mol.